The van der Waals surface area contributed by atoms with Gasteiger partial charge in [-0.25, -0.2) is 0 Å². The number of ketones is 1. The number of rotatable bonds is 5. The number of aliphatic hydroxyl groups is 1. The van der Waals surface area contributed by atoms with Crippen molar-refractivity contribution in [3.63, 3.8) is 0 Å². The van der Waals surface area contributed by atoms with Crippen molar-refractivity contribution in [3.8, 4) is 0 Å². The highest BCUT2D eigenvalue weighted by Gasteiger charge is 2.43. The maximum absolute atomic E-state index is 12.0. The molecule has 2 aliphatic carbocycles. The molecule has 0 aromatic carbocycles. The van der Waals surface area contributed by atoms with E-state index in [2.05, 4.69) is 6.92 Å². The summed E-state index contributed by atoms with van der Waals surface area (Å²) in [4.78, 5) is 12.0. The van der Waals surface area contributed by atoms with Gasteiger partial charge in [0.1, 0.15) is 5.78 Å². The number of hydrogen-bond donors (Lipinski definition) is 1. The molecule has 2 rings (SSSR count). The molecule has 0 aromatic rings. The highest BCUT2D eigenvalue weighted by atomic mass is 16.3. The summed E-state index contributed by atoms with van der Waals surface area (Å²) in [6.45, 7) is 6.14. The van der Waals surface area contributed by atoms with Crippen LogP contribution < -0.4 is 0 Å². The molecule has 1 N–H and O–H groups in total. The van der Waals surface area contributed by atoms with Crippen molar-refractivity contribution < 1.29 is 9.90 Å². The molecule has 2 fully saturated rings. The second kappa shape index (κ2) is 5.95. The van der Waals surface area contributed by atoms with Crippen molar-refractivity contribution in [3.05, 3.63) is 0 Å². The zero-order chi connectivity index (χ0) is 14.0. The van der Waals surface area contributed by atoms with E-state index in [1.54, 1.807) is 0 Å². The van der Waals surface area contributed by atoms with Crippen LogP contribution in [-0.4, -0.2) is 16.5 Å². The fraction of sp³-hybridized carbons (Fsp3) is 0.941. The SMILES string of the molecule is C[C@H](CCCC(C)(C)O)[C@H]1CC[C@H]2C(=O)CCC[C@H]12. The van der Waals surface area contributed by atoms with Gasteiger partial charge in [0.25, 0.3) is 0 Å². The van der Waals surface area contributed by atoms with Crippen molar-refractivity contribution in [2.75, 3.05) is 0 Å². The van der Waals surface area contributed by atoms with Gasteiger partial charge < -0.3 is 5.11 Å². The third-order valence-corrected chi connectivity index (χ3v) is 5.43. The van der Waals surface area contributed by atoms with E-state index < -0.39 is 5.60 Å². The zero-order valence-electron chi connectivity index (χ0n) is 12.8. The number of carbonyl (C=O) groups is 1. The van der Waals surface area contributed by atoms with Crippen molar-refractivity contribution in [2.24, 2.45) is 23.7 Å². The van der Waals surface area contributed by atoms with Gasteiger partial charge in [0.05, 0.1) is 5.60 Å². The fourth-order valence-electron chi connectivity index (χ4n) is 4.39. The molecule has 2 heteroatoms. The molecule has 0 amide bonds. The van der Waals surface area contributed by atoms with Crippen LogP contribution in [0.5, 0.6) is 0 Å². The Morgan fingerprint density at radius 2 is 2.05 bits per heavy atom. The van der Waals surface area contributed by atoms with Crippen molar-refractivity contribution in [1.29, 1.82) is 0 Å². The first-order chi connectivity index (χ1) is 8.88. The first kappa shape index (κ1) is 15.0. The number of carbonyl (C=O) groups excluding carboxylic acids is 1. The van der Waals surface area contributed by atoms with Crippen molar-refractivity contribution in [1.82, 2.24) is 0 Å². The van der Waals surface area contributed by atoms with Crippen molar-refractivity contribution in [2.45, 2.75) is 77.7 Å². The molecular formula is C17H30O2. The molecule has 2 aliphatic rings. The zero-order valence-corrected chi connectivity index (χ0v) is 12.8. The van der Waals surface area contributed by atoms with Gasteiger partial charge in [0.15, 0.2) is 0 Å². The average Bonchev–Trinajstić information content (AvgIpc) is 2.72. The van der Waals surface area contributed by atoms with E-state index in [0.717, 1.165) is 38.0 Å². The molecule has 0 radical (unpaired) electrons. The van der Waals surface area contributed by atoms with Gasteiger partial charge in [-0.05, 0) is 63.7 Å². The predicted molar refractivity (Wildman–Crippen MR) is 77.9 cm³/mol. The van der Waals surface area contributed by atoms with E-state index >= 15 is 0 Å². The van der Waals surface area contributed by atoms with E-state index in [1.807, 2.05) is 13.8 Å². The molecular weight excluding hydrogens is 236 g/mol. The van der Waals surface area contributed by atoms with E-state index in [0.29, 0.717) is 23.5 Å². The summed E-state index contributed by atoms with van der Waals surface area (Å²) in [6.07, 6.45) is 8.81. The highest BCUT2D eigenvalue weighted by Crippen LogP contribution is 2.48. The summed E-state index contributed by atoms with van der Waals surface area (Å²) in [5, 5.41) is 9.77. The molecule has 0 heterocycles. The maximum Gasteiger partial charge on any atom is 0.136 e. The Bertz CT molecular complexity index is 316. The van der Waals surface area contributed by atoms with Crippen LogP contribution in [0.4, 0.5) is 0 Å². The molecule has 19 heavy (non-hydrogen) atoms. The van der Waals surface area contributed by atoms with E-state index in [1.165, 1.54) is 19.3 Å². The summed E-state index contributed by atoms with van der Waals surface area (Å²) >= 11 is 0. The third kappa shape index (κ3) is 3.81. The minimum Gasteiger partial charge on any atom is -0.390 e. The normalized spacial score (nSPS) is 33.3. The maximum atomic E-state index is 12.0. The largest absolute Gasteiger partial charge is 0.390 e. The minimum atomic E-state index is -0.529. The minimum absolute atomic E-state index is 0.399. The Morgan fingerprint density at radius 3 is 2.74 bits per heavy atom. The number of hydrogen-bond acceptors (Lipinski definition) is 2. The van der Waals surface area contributed by atoms with Crippen molar-refractivity contribution >= 4 is 5.78 Å². The smallest absolute Gasteiger partial charge is 0.136 e. The molecule has 0 spiro atoms. The van der Waals surface area contributed by atoms with Gasteiger partial charge in [-0.2, -0.15) is 0 Å². The molecule has 110 valence electrons. The second-order valence-electron chi connectivity index (χ2n) is 7.55. The lowest BCUT2D eigenvalue weighted by Crippen LogP contribution is -2.29. The van der Waals surface area contributed by atoms with Gasteiger partial charge in [-0.15, -0.1) is 0 Å². The molecule has 2 nitrogen and oxygen atoms in total. The molecule has 2 saturated carbocycles. The summed E-state index contributed by atoms with van der Waals surface area (Å²) in [6, 6.07) is 0. The Hall–Kier alpha value is -0.370. The second-order valence-corrected chi connectivity index (χ2v) is 7.55. The molecule has 0 saturated heterocycles. The molecule has 0 aliphatic heterocycles. The van der Waals surface area contributed by atoms with Crippen LogP contribution in [0.15, 0.2) is 0 Å². The first-order valence-corrected chi connectivity index (χ1v) is 8.13. The molecule has 0 bridgehead atoms. The molecule has 4 atom stereocenters. The van der Waals surface area contributed by atoms with Gasteiger partial charge in [0.2, 0.25) is 0 Å². The Labute approximate surface area is 118 Å². The Balaban J connectivity index is 1.83. The standard InChI is InChI=1S/C17H30O2/c1-12(6-5-11-17(2,3)19)13-9-10-15-14(13)7-4-8-16(15)18/h12-15,19H,4-11H2,1-3H3/t12-,13-,14-,15-/m1/s1. The lowest BCUT2D eigenvalue weighted by molar-refractivity contribution is -0.126. The van der Waals surface area contributed by atoms with Crippen LogP contribution in [0.1, 0.15) is 72.1 Å². The Morgan fingerprint density at radius 1 is 1.32 bits per heavy atom. The van der Waals surface area contributed by atoms with Gasteiger partial charge in [-0.3, -0.25) is 4.79 Å². The van der Waals surface area contributed by atoms with Crippen LogP contribution in [0.2, 0.25) is 0 Å². The summed E-state index contributed by atoms with van der Waals surface area (Å²) in [5.41, 5.74) is -0.529. The summed E-state index contributed by atoms with van der Waals surface area (Å²) in [7, 11) is 0. The lowest BCUT2D eigenvalue weighted by Gasteiger charge is -2.32. The van der Waals surface area contributed by atoms with Gasteiger partial charge >= 0.3 is 0 Å². The first-order valence-electron chi connectivity index (χ1n) is 8.13. The number of fused-ring (bicyclic) bond motifs is 1. The van der Waals surface area contributed by atoms with Gasteiger partial charge in [-0.1, -0.05) is 19.8 Å². The fourth-order valence-corrected chi connectivity index (χ4v) is 4.39. The third-order valence-electron chi connectivity index (χ3n) is 5.43. The topological polar surface area (TPSA) is 37.3 Å². The van der Waals surface area contributed by atoms with Crippen LogP contribution >= 0.6 is 0 Å². The van der Waals surface area contributed by atoms with Crippen LogP contribution in [0.25, 0.3) is 0 Å². The van der Waals surface area contributed by atoms with E-state index in [-0.39, 0.29) is 0 Å². The quantitative estimate of drug-likeness (QED) is 0.818. The molecule has 0 aromatic heterocycles. The van der Waals surface area contributed by atoms with Gasteiger partial charge in [0, 0.05) is 12.3 Å². The summed E-state index contributed by atoms with van der Waals surface area (Å²) in [5.74, 6) is 3.09. The van der Waals surface area contributed by atoms with Crippen LogP contribution in [-0.2, 0) is 4.79 Å². The lowest BCUT2D eigenvalue weighted by atomic mass is 9.73. The summed E-state index contributed by atoms with van der Waals surface area (Å²) < 4.78 is 0. The van der Waals surface area contributed by atoms with Crippen LogP contribution in [0.3, 0.4) is 0 Å². The molecule has 0 unspecified atom stereocenters. The van der Waals surface area contributed by atoms with E-state index in [4.69, 9.17) is 0 Å². The monoisotopic (exact) mass is 266 g/mol. The Kier molecular flexibility index (Phi) is 4.70. The highest BCUT2D eigenvalue weighted by molar-refractivity contribution is 5.82. The van der Waals surface area contributed by atoms with E-state index in [9.17, 15) is 9.90 Å². The van der Waals surface area contributed by atoms with Crippen LogP contribution in [0, 0.1) is 23.7 Å². The number of Topliss-reactive ketones (excluding diaryl/α,β-unsaturated/α-hetero) is 1. The predicted octanol–water partition coefficient (Wildman–Crippen LogP) is 3.96. The average molecular weight is 266 g/mol.